The molecule has 3 N–H and O–H groups in total. The second-order valence-corrected chi connectivity index (χ2v) is 5.94. The molecule has 2 amide bonds. The van der Waals surface area contributed by atoms with Crippen LogP contribution < -0.4 is 16.0 Å². The maximum Gasteiger partial charge on any atom is 0.324 e. The van der Waals surface area contributed by atoms with Crippen molar-refractivity contribution in [2.75, 3.05) is 60.0 Å². The van der Waals surface area contributed by atoms with E-state index in [0.29, 0.717) is 32.3 Å². The first-order chi connectivity index (χ1) is 11.0. The summed E-state index contributed by atoms with van der Waals surface area (Å²) in [5.74, 6) is -0.293. The van der Waals surface area contributed by atoms with Crippen LogP contribution in [0.1, 0.15) is 13.8 Å². The number of nitrogens with zero attached hydrogens (tertiary/aromatic N) is 2. The molecule has 2 unspecified atom stereocenters. The molecule has 0 saturated carbocycles. The van der Waals surface area contributed by atoms with Crippen molar-refractivity contribution in [3.63, 3.8) is 0 Å². The highest BCUT2D eigenvalue weighted by Crippen LogP contribution is 2.03. The van der Waals surface area contributed by atoms with Gasteiger partial charge in [-0.1, -0.05) is 0 Å². The fraction of sp³-hybridized carbons (Fsp3) is 0.867. The third kappa shape index (κ3) is 7.15. The molecule has 0 bridgehead atoms. The summed E-state index contributed by atoms with van der Waals surface area (Å²) in [5.41, 5.74) is 0. The summed E-state index contributed by atoms with van der Waals surface area (Å²) in [6.07, 6.45) is 0. The second kappa shape index (κ2) is 10.4. The molecule has 0 aromatic rings. The predicted molar refractivity (Wildman–Crippen MR) is 89.4 cm³/mol. The molecule has 23 heavy (non-hydrogen) atoms. The van der Waals surface area contributed by atoms with E-state index in [4.69, 9.17) is 4.74 Å². The van der Waals surface area contributed by atoms with Crippen molar-refractivity contribution in [1.82, 2.24) is 25.8 Å². The molecule has 2 atom stereocenters. The number of nitrogens with one attached hydrogen (secondary N) is 3. The van der Waals surface area contributed by atoms with Crippen LogP contribution in [-0.4, -0.2) is 93.9 Å². The lowest BCUT2D eigenvalue weighted by molar-refractivity contribution is -0.146. The normalized spacial score (nSPS) is 24.3. The van der Waals surface area contributed by atoms with Gasteiger partial charge in [-0.05, 0) is 13.8 Å². The Bertz CT molecular complexity index is 372. The van der Waals surface area contributed by atoms with Crippen LogP contribution in [0.15, 0.2) is 0 Å². The van der Waals surface area contributed by atoms with Gasteiger partial charge < -0.3 is 30.5 Å². The monoisotopic (exact) mass is 329 g/mol. The van der Waals surface area contributed by atoms with Crippen molar-refractivity contribution < 1.29 is 14.3 Å². The zero-order chi connectivity index (χ0) is 17.2. The highest BCUT2D eigenvalue weighted by atomic mass is 16.5. The molecule has 0 spiro atoms. The van der Waals surface area contributed by atoms with Gasteiger partial charge in [0.05, 0.1) is 6.61 Å². The Labute approximate surface area is 138 Å². The molecular formula is C15H31N5O3. The van der Waals surface area contributed by atoms with E-state index >= 15 is 0 Å². The van der Waals surface area contributed by atoms with E-state index < -0.39 is 6.04 Å². The Kier molecular flexibility index (Phi) is 8.90. The molecule has 0 aliphatic carbocycles. The van der Waals surface area contributed by atoms with Crippen LogP contribution >= 0.6 is 0 Å². The highest BCUT2D eigenvalue weighted by molar-refractivity contribution is 5.79. The quantitative estimate of drug-likeness (QED) is 0.568. The van der Waals surface area contributed by atoms with Gasteiger partial charge in [0.25, 0.3) is 0 Å². The first-order valence-corrected chi connectivity index (χ1v) is 8.26. The van der Waals surface area contributed by atoms with Crippen LogP contribution in [-0.2, 0) is 9.53 Å². The fourth-order valence-electron chi connectivity index (χ4n) is 2.40. The maximum atomic E-state index is 11.7. The molecule has 2 aliphatic heterocycles. The van der Waals surface area contributed by atoms with E-state index in [9.17, 15) is 9.59 Å². The van der Waals surface area contributed by atoms with Crippen molar-refractivity contribution in [3.05, 3.63) is 0 Å². The maximum absolute atomic E-state index is 11.7. The molecule has 0 aromatic heterocycles. The van der Waals surface area contributed by atoms with Crippen LogP contribution in [0.4, 0.5) is 4.79 Å². The van der Waals surface area contributed by atoms with Gasteiger partial charge in [-0.15, -0.1) is 0 Å². The molecule has 2 rings (SSSR count). The number of carbonyl (C=O) groups excluding carboxylic acids is 2. The van der Waals surface area contributed by atoms with E-state index in [0.717, 1.165) is 19.6 Å². The fourth-order valence-corrected chi connectivity index (χ4v) is 2.40. The van der Waals surface area contributed by atoms with Crippen molar-refractivity contribution in [1.29, 1.82) is 0 Å². The summed E-state index contributed by atoms with van der Waals surface area (Å²) in [7, 11) is 3.40. The predicted octanol–water partition coefficient (Wildman–Crippen LogP) is -0.927. The minimum atomic E-state index is -0.405. The highest BCUT2D eigenvalue weighted by Gasteiger charge is 2.29. The van der Waals surface area contributed by atoms with E-state index in [1.165, 1.54) is 4.90 Å². The van der Waals surface area contributed by atoms with Crippen molar-refractivity contribution >= 4 is 12.0 Å². The number of amides is 2. The number of esters is 1. The number of hydrogen-bond donors (Lipinski definition) is 3. The van der Waals surface area contributed by atoms with Gasteiger partial charge in [-0.25, -0.2) is 4.79 Å². The molecule has 2 saturated heterocycles. The molecule has 2 aliphatic rings. The molecule has 8 heteroatoms. The van der Waals surface area contributed by atoms with Gasteiger partial charge in [-0.2, -0.15) is 0 Å². The third-order valence-corrected chi connectivity index (χ3v) is 3.64. The Morgan fingerprint density at radius 3 is 2.43 bits per heavy atom. The lowest BCUT2D eigenvalue weighted by Crippen LogP contribution is -2.57. The average molecular weight is 329 g/mol. The summed E-state index contributed by atoms with van der Waals surface area (Å²) in [6.45, 7) is 9.30. The lowest BCUT2D eigenvalue weighted by Gasteiger charge is -2.33. The summed E-state index contributed by atoms with van der Waals surface area (Å²) in [6, 6.07) is 0.196. The molecule has 0 radical (unpaired) electrons. The molecule has 8 nitrogen and oxygen atoms in total. The van der Waals surface area contributed by atoms with Crippen molar-refractivity contribution in [2.24, 2.45) is 0 Å². The first-order valence-electron chi connectivity index (χ1n) is 8.26. The van der Waals surface area contributed by atoms with Gasteiger partial charge >= 0.3 is 12.0 Å². The zero-order valence-electron chi connectivity index (χ0n) is 14.7. The average Bonchev–Trinajstić information content (AvgIpc) is 2.55. The Morgan fingerprint density at radius 1 is 1.22 bits per heavy atom. The van der Waals surface area contributed by atoms with Gasteiger partial charge in [0, 0.05) is 59.4 Å². The zero-order valence-corrected chi connectivity index (χ0v) is 14.7. The van der Waals surface area contributed by atoms with Gasteiger partial charge in [0.2, 0.25) is 0 Å². The van der Waals surface area contributed by atoms with Crippen molar-refractivity contribution in [3.8, 4) is 0 Å². The summed E-state index contributed by atoms with van der Waals surface area (Å²) in [4.78, 5) is 26.4. The Balaban J connectivity index is 0.000000313. The SMILES string of the molecule is CC1CNCCN1.CCOC(=O)C1CN(C(=O)N(C)C)CCN1. The smallest absolute Gasteiger partial charge is 0.324 e. The van der Waals surface area contributed by atoms with Crippen LogP contribution in [0.25, 0.3) is 0 Å². The molecular weight excluding hydrogens is 298 g/mol. The number of ether oxygens (including phenoxy) is 1. The summed E-state index contributed by atoms with van der Waals surface area (Å²) in [5, 5.41) is 9.63. The Morgan fingerprint density at radius 2 is 1.96 bits per heavy atom. The van der Waals surface area contributed by atoms with Crippen molar-refractivity contribution in [2.45, 2.75) is 25.9 Å². The number of urea groups is 1. The van der Waals surface area contributed by atoms with E-state index in [2.05, 4.69) is 22.9 Å². The summed E-state index contributed by atoms with van der Waals surface area (Å²) >= 11 is 0. The number of rotatable bonds is 2. The minimum absolute atomic E-state index is 0.0733. The van der Waals surface area contributed by atoms with Crippen LogP contribution in [0.5, 0.6) is 0 Å². The van der Waals surface area contributed by atoms with Crippen LogP contribution in [0.3, 0.4) is 0 Å². The minimum Gasteiger partial charge on any atom is -0.465 e. The summed E-state index contributed by atoms with van der Waals surface area (Å²) < 4.78 is 4.92. The van der Waals surface area contributed by atoms with Crippen LogP contribution in [0, 0.1) is 0 Å². The lowest BCUT2D eigenvalue weighted by atomic mass is 10.2. The molecule has 2 fully saturated rings. The van der Waals surface area contributed by atoms with Gasteiger partial charge in [0.1, 0.15) is 6.04 Å². The second-order valence-electron chi connectivity index (χ2n) is 5.94. The van der Waals surface area contributed by atoms with Gasteiger partial charge in [0.15, 0.2) is 0 Å². The van der Waals surface area contributed by atoms with E-state index in [1.54, 1.807) is 25.9 Å². The van der Waals surface area contributed by atoms with E-state index in [1.807, 2.05) is 0 Å². The number of piperazine rings is 2. The molecule has 2 heterocycles. The topological polar surface area (TPSA) is 85.9 Å². The van der Waals surface area contributed by atoms with Crippen LogP contribution in [0.2, 0.25) is 0 Å². The first kappa shape index (κ1) is 19.7. The largest absolute Gasteiger partial charge is 0.465 e. The number of hydrogen-bond acceptors (Lipinski definition) is 6. The van der Waals surface area contributed by atoms with Gasteiger partial charge in [-0.3, -0.25) is 4.79 Å². The standard InChI is InChI=1S/C10H19N3O3.C5H12N2/c1-4-16-9(14)8-7-13(6-5-11-8)10(15)12(2)3;1-5-4-6-2-3-7-5/h8,11H,4-7H2,1-3H3;5-7H,2-4H2,1H3. The third-order valence-electron chi connectivity index (χ3n) is 3.64. The molecule has 0 aromatic carbocycles. The van der Waals surface area contributed by atoms with E-state index in [-0.39, 0.29) is 12.0 Å². The Hall–Kier alpha value is -1.38. The molecule has 134 valence electrons. The number of carbonyl (C=O) groups is 2.